The molecule has 0 radical (unpaired) electrons. The maximum atomic E-state index is 11.7. The Bertz CT molecular complexity index is 656. The normalized spacial score (nSPS) is 14.2. The summed E-state index contributed by atoms with van der Waals surface area (Å²) in [7, 11) is -0.199. The molecule has 1 aliphatic rings. The van der Waals surface area contributed by atoms with Crippen LogP contribution in [0.2, 0.25) is 0 Å². The van der Waals surface area contributed by atoms with Crippen LogP contribution in [0.4, 0.5) is 5.82 Å². The Morgan fingerprint density at radius 1 is 1.48 bits per heavy atom. The molecule has 6 nitrogen and oxygen atoms in total. The third-order valence-electron chi connectivity index (χ3n) is 3.53. The summed E-state index contributed by atoms with van der Waals surface area (Å²) in [6.45, 7) is 0.266. The molecule has 1 aliphatic carbocycles. The van der Waals surface area contributed by atoms with E-state index in [1.165, 1.54) is 24.0 Å². The summed E-state index contributed by atoms with van der Waals surface area (Å²) in [5, 5.41) is 3.05. The molecule has 1 aromatic heterocycles. The summed E-state index contributed by atoms with van der Waals surface area (Å²) in [4.78, 5) is 4.83. The van der Waals surface area contributed by atoms with Crippen LogP contribution in [0.25, 0.3) is 0 Å². The van der Waals surface area contributed by atoms with E-state index in [4.69, 9.17) is 18.0 Å². The van der Waals surface area contributed by atoms with Crippen LogP contribution >= 0.6 is 12.2 Å². The Kier molecular flexibility index (Phi) is 4.80. The van der Waals surface area contributed by atoms with E-state index in [0.29, 0.717) is 11.4 Å². The van der Waals surface area contributed by atoms with Crippen molar-refractivity contribution >= 4 is 33.0 Å². The minimum Gasteiger partial charge on any atom is -0.389 e. The van der Waals surface area contributed by atoms with Crippen LogP contribution in [0.5, 0.6) is 0 Å². The molecular weight excluding hydrogens is 308 g/mol. The summed E-state index contributed by atoms with van der Waals surface area (Å²) < 4.78 is 24.7. The van der Waals surface area contributed by atoms with E-state index in [0.717, 1.165) is 25.0 Å². The Morgan fingerprint density at radius 2 is 2.19 bits per heavy atom. The zero-order valence-electron chi connectivity index (χ0n) is 12.2. The second-order valence-corrected chi connectivity index (χ2v) is 7.98. The highest BCUT2D eigenvalue weighted by Crippen LogP contribution is 2.25. The number of hydrogen-bond donors (Lipinski definition) is 2. The van der Waals surface area contributed by atoms with Crippen molar-refractivity contribution in [1.82, 2.24) is 9.29 Å². The van der Waals surface area contributed by atoms with Gasteiger partial charge in [0.25, 0.3) is 0 Å². The standard InChI is InChI=1S/C13H20N4O2S2/c1-17(2)21(18,19)7-6-15-13-10(12(14)20)8-9-4-3-5-11(9)16-13/h8H,3-7H2,1-2H3,(H2,14,20)(H,15,16). The lowest BCUT2D eigenvalue weighted by Gasteiger charge is -2.14. The monoisotopic (exact) mass is 328 g/mol. The highest BCUT2D eigenvalue weighted by atomic mass is 32.2. The molecule has 0 bridgehead atoms. The molecular formula is C13H20N4O2S2. The Balaban J connectivity index is 2.15. The Morgan fingerprint density at radius 3 is 2.81 bits per heavy atom. The summed E-state index contributed by atoms with van der Waals surface area (Å²) in [6, 6.07) is 1.97. The van der Waals surface area contributed by atoms with Gasteiger partial charge in [-0.15, -0.1) is 0 Å². The lowest BCUT2D eigenvalue weighted by molar-refractivity contribution is 0.521. The van der Waals surface area contributed by atoms with Gasteiger partial charge in [0.15, 0.2) is 0 Å². The van der Waals surface area contributed by atoms with E-state index in [1.807, 2.05) is 6.07 Å². The number of nitrogens with zero attached hydrogens (tertiary/aromatic N) is 2. The maximum Gasteiger partial charge on any atom is 0.215 e. The van der Waals surface area contributed by atoms with Crippen LogP contribution in [0, 0.1) is 0 Å². The molecule has 2 rings (SSSR count). The highest BCUT2D eigenvalue weighted by Gasteiger charge is 2.18. The first kappa shape index (κ1) is 16.1. The van der Waals surface area contributed by atoms with Gasteiger partial charge in [0, 0.05) is 26.3 Å². The SMILES string of the molecule is CN(C)S(=O)(=O)CCNc1nc2c(cc1C(N)=S)CCC2. The minimum absolute atomic E-state index is 0.00443. The second-order valence-electron chi connectivity index (χ2n) is 5.23. The molecule has 0 aliphatic heterocycles. The van der Waals surface area contributed by atoms with E-state index in [2.05, 4.69) is 10.3 Å². The molecule has 0 aromatic carbocycles. The number of sulfonamides is 1. The van der Waals surface area contributed by atoms with Crippen LogP contribution < -0.4 is 11.1 Å². The van der Waals surface area contributed by atoms with Crippen molar-refractivity contribution in [2.75, 3.05) is 31.7 Å². The first-order valence-electron chi connectivity index (χ1n) is 6.78. The number of pyridine rings is 1. The lowest BCUT2D eigenvalue weighted by Crippen LogP contribution is -2.29. The van der Waals surface area contributed by atoms with Gasteiger partial charge in [-0.05, 0) is 30.9 Å². The highest BCUT2D eigenvalue weighted by molar-refractivity contribution is 7.89. The predicted octanol–water partition coefficient (Wildman–Crippen LogP) is 0.508. The van der Waals surface area contributed by atoms with Gasteiger partial charge in [-0.25, -0.2) is 17.7 Å². The van der Waals surface area contributed by atoms with Gasteiger partial charge in [-0.1, -0.05) is 12.2 Å². The van der Waals surface area contributed by atoms with Gasteiger partial charge in [0.05, 0.1) is 11.3 Å². The summed E-state index contributed by atoms with van der Waals surface area (Å²) >= 11 is 5.06. The van der Waals surface area contributed by atoms with Crippen LogP contribution in [0.3, 0.4) is 0 Å². The Labute approximate surface area is 130 Å². The molecule has 0 fully saturated rings. The average molecular weight is 328 g/mol. The number of aromatic nitrogens is 1. The average Bonchev–Trinajstić information content (AvgIpc) is 2.84. The largest absolute Gasteiger partial charge is 0.389 e. The molecule has 8 heteroatoms. The molecule has 0 unspecified atom stereocenters. The van der Waals surface area contributed by atoms with Crippen LogP contribution in [0.15, 0.2) is 6.07 Å². The van der Waals surface area contributed by atoms with Gasteiger partial charge < -0.3 is 11.1 Å². The third-order valence-corrected chi connectivity index (χ3v) is 5.58. The van der Waals surface area contributed by atoms with Crippen molar-refractivity contribution in [2.45, 2.75) is 19.3 Å². The first-order chi connectivity index (χ1) is 9.81. The van der Waals surface area contributed by atoms with Crippen molar-refractivity contribution in [2.24, 2.45) is 5.73 Å². The van der Waals surface area contributed by atoms with Crippen molar-refractivity contribution in [3.05, 3.63) is 22.9 Å². The quantitative estimate of drug-likeness (QED) is 0.740. The van der Waals surface area contributed by atoms with E-state index < -0.39 is 10.0 Å². The first-order valence-corrected chi connectivity index (χ1v) is 8.79. The van der Waals surface area contributed by atoms with Gasteiger partial charge >= 0.3 is 0 Å². The molecule has 3 N–H and O–H groups in total. The summed E-state index contributed by atoms with van der Waals surface area (Å²) in [6.07, 6.45) is 3.02. The van der Waals surface area contributed by atoms with Crippen molar-refractivity contribution in [3.8, 4) is 0 Å². The maximum absolute atomic E-state index is 11.7. The predicted molar refractivity (Wildman–Crippen MR) is 88.1 cm³/mol. The van der Waals surface area contributed by atoms with Crippen LogP contribution in [-0.4, -0.2) is 49.1 Å². The lowest BCUT2D eigenvalue weighted by atomic mass is 10.1. The van der Waals surface area contributed by atoms with E-state index >= 15 is 0 Å². The Hall–Kier alpha value is -1.25. The van der Waals surface area contributed by atoms with E-state index in [-0.39, 0.29) is 17.3 Å². The van der Waals surface area contributed by atoms with Crippen LogP contribution in [-0.2, 0) is 22.9 Å². The summed E-state index contributed by atoms with van der Waals surface area (Å²) in [5.41, 5.74) is 8.66. The van der Waals surface area contributed by atoms with E-state index in [9.17, 15) is 8.42 Å². The number of hydrogen-bond acceptors (Lipinski definition) is 5. The number of thiocarbonyl (C=S) groups is 1. The molecule has 0 saturated heterocycles. The summed E-state index contributed by atoms with van der Waals surface area (Å²) in [5.74, 6) is 0.576. The fraction of sp³-hybridized carbons (Fsp3) is 0.538. The van der Waals surface area contributed by atoms with Gasteiger partial charge in [0.1, 0.15) is 10.8 Å². The number of fused-ring (bicyclic) bond motifs is 1. The minimum atomic E-state index is -3.23. The van der Waals surface area contributed by atoms with Crippen molar-refractivity contribution < 1.29 is 8.42 Å². The number of nitrogens with one attached hydrogen (secondary N) is 1. The van der Waals surface area contributed by atoms with Crippen molar-refractivity contribution in [3.63, 3.8) is 0 Å². The van der Waals surface area contributed by atoms with Gasteiger partial charge in [-0.3, -0.25) is 0 Å². The van der Waals surface area contributed by atoms with Crippen LogP contribution in [0.1, 0.15) is 23.2 Å². The molecule has 0 saturated carbocycles. The smallest absolute Gasteiger partial charge is 0.215 e. The third kappa shape index (κ3) is 3.69. The molecule has 0 spiro atoms. The zero-order valence-corrected chi connectivity index (χ0v) is 13.9. The van der Waals surface area contributed by atoms with Gasteiger partial charge in [-0.2, -0.15) is 0 Å². The van der Waals surface area contributed by atoms with Gasteiger partial charge in [0.2, 0.25) is 10.0 Å². The number of rotatable bonds is 6. The molecule has 0 amide bonds. The number of aryl methyl sites for hydroxylation is 2. The molecule has 0 atom stereocenters. The van der Waals surface area contributed by atoms with Crippen molar-refractivity contribution in [1.29, 1.82) is 0 Å². The number of anilines is 1. The zero-order chi connectivity index (χ0) is 15.6. The second kappa shape index (κ2) is 6.25. The topological polar surface area (TPSA) is 88.3 Å². The molecule has 116 valence electrons. The fourth-order valence-electron chi connectivity index (χ4n) is 2.28. The molecule has 21 heavy (non-hydrogen) atoms. The molecule has 1 heterocycles. The molecule has 1 aromatic rings. The fourth-order valence-corrected chi connectivity index (χ4v) is 3.16. The number of nitrogens with two attached hydrogens (primary N) is 1. The van der Waals surface area contributed by atoms with E-state index in [1.54, 1.807) is 0 Å².